The number of urea groups is 1. The molecule has 0 saturated heterocycles. The molecule has 1 aromatic carbocycles. The van der Waals surface area contributed by atoms with Crippen molar-refractivity contribution in [1.29, 1.82) is 0 Å². The van der Waals surface area contributed by atoms with Crippen LogP contribution in [0.4, 0.5) is 4.79 Å². The van der Waals surface area contributed by atoms with Crippen LogP contribution in [0.1, 0.15) is 46.3 Å². The largest absolute Gasteiger partial charge is 0.375 e. The highest BCUT2D eigenvalue weighted by Crippen LogP contribution is 2.26. The van der Waals surface area contributed by atoms with Crippen molar-refractivity contribution in [3.63, 3.8) is 0 Å². The molecule has 0 radical (unpaired) electrons. The minimum atomic E-state index is -0.557. The molecule has 1 rings (SSSR count). The Kier molecular flexibility index (Phi) is 8.34. The summed E-state index contributed by atoms with van der Waals surface area (Å²) >= 11 is 2.18. The van der Waals surface area contributed by atoms with Gasteiger partial charge in [-0.05, 0) is 32.3 Å². The maximum absolute atomic E-state index is 12.5. The Morgan fingerprint density at radius 1 is 1.12 bits per heavy atom. The van der Waals surface area contributed by atoms with Gasteiger partial charge in [-0.25, -0.2) is 4.79 Å². The second-order valence-corrected chi connectivity index (χ2v) is 9.84. The molecule has 0 fully saturated rings. The van der Waals surface area contributed by atoms with E-state index in [0.717, 1.165) is 5.56 Å². The van der Waals surface area contributed by atoms with Crippen LogP contribution in [-0.2, 0) is 9.53 Å². The molecule has 0 aliphatic heterocycles. The van der Waals surface area contributed by atoms with Crippen molar-refractivity contribution in [3.8, 4) is 0 Å². The van der Waals surface area contributed by atoms with Gasteiger partial charge in [-0.15, -0.1) is 0 Å². The number of halogens is 1. The van der Waals surface area contributed by atoms with Crippen LogP contribution in [0.3, 0.4) is 0 Å². The summed E-state index contributed by atoms with van der Waals surface area (Å²) in [6, 6.07) is 8.66. The Hall–Kier alpha value is -1.15. The molecule has 140 valence electrons. The van der Waals surface area contributed by atoms with Crippen LogP contribution < -0.4 is 10.6 Å². The molecular formula is C19H29IN2O3. The topological polar surface area (TPSA) is 67.4 Å². The number of Topliss-reactive ketones (excluding diaryl/α,β-unsaturated/α-hetero) is 1. The first-order valence-corrected chi connectivity index (χ1v) is 9.50. The second-order valence-electron chi connectivity index (χ2n) is 7.06. The van der Waals surface area contributed by atoms with Crippen molar-refractivity contribution < 1.29 is 14.3 Å². The number of ether oxygens (including phenoxy) is 1. The lowest BCUT2D eigenvalue weighted by atomic mass is 9.93. The van der Waals surface area contributed by atoms with Gasteiger partial charge < -0.3 is 15.4 Å². The molecule has 0 aliphatic rings. The van der Waals surface area contributed by atoms with E-state index in [0.29, 0.717) is 0 Å². The Morgan fingerprint density at radius 2 is 1.68 bits per heavy atom. The Morgan fingerprint density at radius 3 is 2.08 bits per heavy atom. The van der Waals surface area contributed by atoms with Crippen molar-refractivity contribution >= 4 is 34.4 Å². The van der Waals surface area contributed by atoms with E-state index in [2.05, 4.69) is 33.2 Å². The first kappa shape index (κ1) is 21.9. The summed E-state index contributed by atoms with van der Waals surface area (Å²) in [4.78, 5) is 24.4. The van der Waals surface area contributed by atoms with Gasteiger partial charge in [0.1, 0.15) is 12.1 Å². The molecule has 0 saturated carbocycles. The molecule has 0 aliphatic carbocycles. The number of amides is 2. The molecule has 0 heterocycles. The number of benzene rings is 1. The van der Waals surface area contributed by atoms with Gasteiger partial charge in [0.2, 0.25) is 0 Å². The van der Waals surface area contributed by atoms with Crippen LogP contribution in [0.25, 0.3) is 0 Å². The summed E-state index contributed by atoms with van der Waals surface area (Å²) in [5.74, 6) is 0.0845. The number of rotatable bonds is 8. The van der Waals surface area contributed by atoms with Gasteiger partial charge in [0.25, 0.3) is 0 Å². The number of hydrogen-bond acceptors (Lipinski definition) is 3. The van der Waals surface area contributed by atoms with Crippen molar-refractivity contribution in [2.75, 3.05) is 7.11 Å². The monoisotopic (exact) mass is 460 g/mol. The van der Waals surface area contributed by atoms with E-state index in [1.807, 2.05) is 58.0 Å². The normalized spacial score (nSPS) is 15.4. The fourth-order valence-corrected chi connectivity index (χ4v) is 3.40. The van der Waals surface area contributed by atoms with E-state index in [9.17, 15) is 9.59 Å². The zero-order valence-electron chi connectivity index (χ0n) is 15.8. The highest BCUT2D eigenvalue weighted by atomic mass is 127. The van der Waals surface area contributed by atoms with Gasteiger partial charge >= 0.3 is 6.03 Å². The van der Waals surface area contributed by atoms with Crippen LogP contribution in [0.15, 0.2) is 30.3 Å². The van der Waals surface area contributed by atoms with E-state index in [1.165, 1.54) is 6.92 Å². The minimum absolute atomic E-state index is 0.0676. The van der Waals surface area contributed by atoms with Gasteiger partial charge in [0.05, 0.1) is 6.04 Å². The lowest BCUT2D eigenvalue weighted by molar-refractivity contribution is -0.119. The minimum Gasteiger partial charge on any atom is -0.375 e. The average molecular weight is 460 g/mol. The molecule has 6 heteroatoms. The number of carbonyl (C=O) groups is 2. The van der Waals surface area contributed by atoms with Gasteiger partial charge in [-0.2, -0.15) is 0 Å². The molecule has 2 amide bonds. The van der Waals surface area contributed by atoms with Crippen LogP contribution in [0.5, 0.6) is 0 Å². The van der Waals surface area contributed by atoms with E-state index in [-0.39, 0.29) is 33.3 Å². The third-order valence-corrected chi connectivity index (χ3v) is 4.72. The maximum Gasteiger partial charge on any atom is 0.315 e. The Labute approximate surface area is 164 Å². The molecule has 5 nitrogen and oxygen atoms in total. The fourth-order valence-electron chi connectivity index (χ4n) is 2.81. The summed E-state index contributed by atoms with van der Waals surface area (Å²) < 4.78 is 5.29. The highest BCUT2D eigenvalue weighted by Gasteiger charge is 2.33. The fraction of sp³-hybridized carbons (Fsp3) is 0.579. The molecule has 0 bridgehead atoms. The number of nitrogens with one attached hydrogen (secondary N) is 2. The van der Waals surface area contributed by atoms with Crippen molar-refractivity contribution in [2.45, 2.75) is 56.2 Å². The second kappa shape index (κ2) is 9.52. The molecule has 2 unspecified atom stereocenters. The molecule has 1 aromatic rings. The summed E-state index contributed by atoms with van der Waals surface area (Å²) in [5, 5.41) is 5.80. The third kappa shape index (κ3) is 6.58. The zero-order chi connectivity index (χ0) is 19.2. The van der Waals surface area contributed by atoms with Gasteiger partial charge in [0, 0.05) is 10.5 Å². The number of alkyl halides is 1. The predicted octanol–water partition coefficient (Wildman–Crippen LogP) is 3.87. The van der Waals surface area contributed by atoms with Crippen molar-refractivity contribution in [1.82, 2.24) is 10.6 Å². The first-order chi connectivity index (χ1) is 11.6. The van der Waals surface area contributed by atoms with E-state index < -0.39 is 6.04 Å². The molecule has 0 aromatic heterocycles. The molecule has 0 spiro atoms. The van der Waals surface area contributed by atoms with Crippen molar-refractivity contribution in [2.24, 2.45) is 5.92 Å². The quantitative estimate of drug-likeness (QED) is 0.457. The molecule has 3 atom stereocenters. The summed E-state index contributed by atoms with van der Waals surface area (Å²) in [6.07, 6.45) is -0.268. The van der Waals surface area contributed by atoms with E-state index in [1.54, 1.807) is 7.11 Å². The number of hydrogen-bond donors (Lipinski definition) is 2. The SMILES string of the molecule is CO[C@H](c1ccccc1)C(NC(=O)NC(C(C)=O)C(C)(C)I)C(C)C. The first-order valence-electron chi connectivity index (χ1n) is 8.42. The van der Waals surface area contributed by atoms with Crippen LogP contribution in [0, 0.1) is 5.92 Å². The van der Waals surface area contributed by atoms with Gasteiger partial charge in [-0.3, -0.25) is 4.79 Å². The summed E-state index contributed by atoms with van der Waals surface area (Å²) in [6.45, 7) is 9.39. The van der Waals surface area contributed by atoms with Crippen LogP contribution in [-0.4, -0.2) is 34.4 Å². The number of ketones is 1. The lowest BCUT2D eigenvalue weighted by Gasteiger charge is -2.32. The average Bonchev–Trinajstić information content (AvgIpc) is 2.52. The molecule has 2 N–H and O–H groups in total. The number of methoxy groups -OCH3 is 1. The predicted molar refractivity (Wildman–Crippen MR) is 109 cm³/mol. The molecule has 25 heavy (non-hydrogen) atoms. The van der Waals surface area contributed by atoms with E-state index >= 15 is 0 Å². The summed E-state index contributed by atoms with van der Waals surface area (Å²) in [5.41, 5.74) is 1.00. The highest BCUT2D eigenvalue weighted by molar-refractivity contribution is 14.1. The molecular weight excluding hydrogens is 431 g/mol. The maximum atomic E-state index is 12.5. The number of carbonyl (C=O) groups excluding carboxylic acids is 2. The summed E-state index contributed by atoms with van der Waals surface area (Å²) in [7, 11) is 1.64. The van der Waals surface area contributed by atoms with Crippen LogP contribution in [0.2, 0.25) is 0 Å². The Balaban J connectivity index is 2.93. The Bertz CT molecular complexity index is 570. The third-order valence-electron chi connectivity index (χ3n) is 4.09. The van der Waals surface area contributed by atoms with Gasteiger partial charge in [-0.1, -0.05) is 66.8 Å². The lowest BCUT2D eigenvalue weighted by Crippen LogP contribution is -2.56. The van der Waals surface area contributed by atoms with Gasteiger partial charge in [0.15, 0.2) is 5.78 Å². The van der Waals surface area contributed by atoms with Crippen molar-refractivity contribution in [3.05, 3.63) is 35.9 Å². The van der Waals surface area contributed by atoms with Crippen LogP contribution >= 0.6 is 22.6 Å². The smallest absolute Gasteiger partial charge is 0.315 e. The zero-order valence-corrected chi connectivity index (χ0v) is 18.0. The standard InChI is InChI=1S/C19H29IN2O3/c1-12(2)15(16(25-6)14-10-8-7-9-11-14)21-18(24)22-17(13(3)23)19(4,5)20/h7-12,15-17H,1-6H3,(H2,21,22,24)/t15?,16-,17?/m1/s1. The van der Waals surface area contributed by atoms with E-state index in [4.69, 9.17) is 4.74 Å².